The van der Waals surface area contributed by atoms with Crippen molar-refractivity contribution in [2.75, 3.05) is 0 Å². The van der Waals surface area contributed by atoms with Gasteiger partial charge in [-0.25, -0.2) is 4.39 Å². The summed E-state index contributed by atoms with van der Waals surface area (Å²) in [6, 6.07) is 0. The smallest absolute Gasteiger partial charge is 0.151 e. The average Bonchev–Trinajstić information content (AvgIpc) is 2.56. The Balaban J connectivity index is 1.62. The third-order valence-corrected chi connectivity index (χ3v) is 7.26. The first-order chi connectivity index (χ1) is 10.6. The van der Waals surface area contributed by atoms with Crippen molar-refractivity contribution in [1.82, 2.24) is 0 Å². The van der Waals surface area contributed by atoms with Crippen molar-refractivity contribution in [2.45, 2.75) is 97.1 Å². The van der Waals surface area contributed by atoms with Crippen molar-refractivity contribution in [3.05, 3.63) is 0 Å². The lowest BCUT2D eigenvalue weighted by molar-refractivity contribution is -0.193. The van der Waals surface area contributed by atoms with Crippen molar-refractivity contribution in [1.29, 1.82) is 0 Å². The molecule has 0 radical (unpaired) electrons. The summed E-state index contributed by atoms with van der Waals surface area (Å²) in [6.45, 7) is 4.45. The zero-order chi connectivity index (χ0) is 15.8. The van der Waals surface area contributed by atoms with Crippen LogP contribution in [0.1, 0.15) is 90.9 Å². The fourth-order valence-corrected chi connectivity index (χ4v) is 5.92. The van der Waals surface area contributed by atoms with Crippen LogP contribution in [0.4, 0.5) is 4.39 Å². The first kappa shape index (κ1) is 16.5. The van der Waals surface area contributed by atoms with E-state index in [9.17, 15) is 4.79 Å². The van der Waals surface area contributed by atoms with Gasteiger partial charge < -0.3 is 0 Å². The van der Waals surface area contributed by atoms with Gasteiger partial charge in [-0.05, 0) is 63.2 Å². The number of carbonyl (C=O) groups is 1. The lowest BCUT2D eigenvalue weighted by Crippen LogP contribution is -2.69. The van der Waals surface area contributed by atoms with Gasteiger partial charge in [-0.2, -0.15) is 0 Å². The van der Waals surface area contributed by atoms with Crippen molar-refractivity contribution < 1.29 is 9.18 Å². The molecule has 0 unspecified atom stereocenters. The summed E-state index contributed by atoms with van der Waals surface area (Å²) in [7, 11) is 0. The number of halogens is 1. The quantitative estimate of drug-likeness (QED) is 0.635. The van der Waals surface area contributed by atoms with Crippen LogP contribution in [0.15, 0.2) is 0 Å². The SMILES string of the molecule is CCCC1CC[C@]2(CC1)C(=O)[C@@]1(CCC(CCC)CC1)C2F. The van der Waals surface area contributed by atoms with Gasteiger partial charge in [0.05, 0.1) is 10.8 Å². The van der Waals surface area contributed by atoms with E-state index in [-0.39, 0.29) is 0 Å². The molecule has 2 heteroatoms. The summed E-state index contributed by atoms with van der Waals surface area (Å²) in [5, 5.41) is 0. The van der Waals surface area contributed by atoms with Crippen LogP contribution in [-0.2, 0) is 4.79 Å². The molecule has 22 heavy (non-hydrogen) atoms. The van der Waals surface area contributed by atoms with Crippen molar-refractivity contribution in [2.24, 2.45) is 22.7 Å². The molecule has 0 bridgehead atoms. The molecule has 0 aromatic rings. The summed E-state index contributed by atoms with van der Waals surface area (Å²) < 4.78 is 15.3. The van der Waals surface area contributed by atoms with Gasteiger partial charge in [0.1, 0.15) is 6.17 Å². The highest BCUT2D eigenvalue weighted by atomic mass is 19.1. The van der Waals surface area contributed by atoms with Crippen LogP contribution in [0.2, 0.25) is 0 Å². The van der Waals surface area contributed by atoms with Crippen molar-refractivity contribution >= 4 is 5.78 Å². The molecule has 0 heterocycles. The Bertz CT molecular complexity index is 364. The zero-order valence-corrected chi connectivity index (χ0v) is 14.5. The van der Waals surface area contributed by atoms with Crippen LogP contribution in [0.5, 0.6) is 0 Å². The topological polar surface area (TPSA) is 17.1 Å². The largest absolute Gasteiger partial charge is 0.298 e. The maximum atomic E-state index is 15.3. The lowest BCUT2D eigenvalue weighted by atomic mass is 9.42. The molecule has 1 nitrogen and oxygen atoms in total. The third kappa shape index (κ3) is 2.36. The number of alkyl halides is 1. The number of hydrogen-bond donors (Lipinski definition) is 0. The minimum atomic E-state index is -0.836. The molecular weight excluding hydrogens is 275 g/mol. The molecule has 3 rings (SSSR count). The first-order valence-electron chi connectivity index (χ1n) is 9.78. The van der Waals surface area contributed by atoms with Gasteiger partial charge in [0, 0.05) is 0 Å². The second-order valence-electron chi connectivity index (χ2n) is 8.47. The Labute approximate surface area is 135 Å². The van der Waals surface area contributed by atoms with E-state index in [0.29, 0.717) is 5.78 Å². The highest BCUT2D eigenvalue weighted by Crippen LogP contribution is 2.65. The molecule has 126 valence electrons. The van der Waals surface area contributed by atoms with Crippen molar-refractivity contribution in [3.8, 4) is 0 Å². The van der Waals surface area contributed by atoms with E-state index in [4.69, 9.17) is 0 Å². The van der Waals surface area contributed by atoms with E-state index in [1.54, 1.807) is 0 Å². The van der Waals surface area contributed by atoms with Crippen LogP contribution < -0.4 is 0 Å². The minimum absolute atomic E-state index is 0.331. The number of hydrogen-bond acceptors (Lipinski definition) is 1. The van der Waals surface area contributed by atoms with Crippen LogP contribution in [-0.4, -0.2) is 12.0 Å². The summed E-state index contributed by atoms with van der Waals surface area (Å²) >= 11 is 0. The predicted molar refractivity (Wildman–Crippen MR) is 88.5 cm³/mol. The standard InChI is InChI=1S/C20H33FO/c1-3-5-15-7-11-19(12-8-15)17(21)20(18(19)22)13-9-16(6-4-2)10-14-20/h15-17H,3-14H2,1-2H3/t15?,16?,17?,19-,20-. The number of Topliss-reactive ketones (excluding diaryl/α,β-unsaturated/α-hetero) is 1. The molecule has 3 fully saturated rings. The second kappa shape index (κ2) is 6.24. The zero-order valence-electron chi connectivity index (χ0n) is 14.5. The Morgan fingerprint density at radius 1 is 0.864 bits per heavy atom. The van der Waals surface area contributed by atoms with Crippen LogP contribution >= 0.6 is 0 Å². The number of carbonyl (C=O) groups excluding carboxylic acids is 1. The van der Waals surface area contributed by atoms with Gasteiger partial charge in [-0.1, -0.05) is 39.5 Å². The van der Waals surface area contributed by atoms with Crippen LogP contribution in [0.3, 0.4) is 0 Å². The Hall–Kier alpha value is -0.400. The molecule has 0 N–H and O–H groups in total. The van der Waals surface area contributed by atoms with Crippen molar-refractivity contribution in [3.63, 3.8) is 0 Å². The number of ketones is 1. The summed E-state index contributed by atoms with van der Waals surface area (Å²) in [4.78, 5) is 13.0. The Morgan fingerprint density at radius 3 is 1.50 bits per heavy atom. The van der Waals surface area contributed by atoms with E-state index in [1.807, 2.05) is 0 Å². The molecule has 3 aliphatic carbocycles. The monoisotopic (exact) mass is 308 g/mol. The van der Waals surface area contributed by atoms with E-state index < -0.39 is 17.0 Å². The molecular formula is C20H33FO. The minimum Gasteiger partial charge on any atom is -0.298 e. The molecule has 3 aliphatic rings. The lowest BCUT2D eigenvalue weighted by Gasteiger charge is -2.61. The van der Waals surface area contributed by atoms with E-state index in [2.05, 4.69) is 13.8 Å². The average molecular weight is 308 g/mol. The molecule has 0 amide bonds. The first-order valence-corrected chi connectivity index (χ1v) is 9.78. The normalized spacial score (nSPS) is 45.2. The molecule has 2 spiro atoms. The molecule has 0 aromatic heterocycles. The maximum absolute atomic E-state index is 15.3. The van der Waals surface area contributed by atoms with Gasteiger partial charge in [0.2, 0.25) is 0 Å². The van der Waals surface area contributed by atoms with Crippen LogP contribution in [0, 0.1) is 22.7 Å². The fourth-order valence-electron chi connectivity index (χ4n) is 5.92. The summed E-state index contributed by atoms with van der Waals surface area (Å²) in [5.74, 6) is 1.82. The predicted octanol–water partition coefficient (Wildman–Crippen LogP) is 5.86. The third-order valence-electron chi connectivity index (χ3n) is 7.26. The molecule has 0 aromatic carbocycles. The van der Waals surface area contributed by atoms with Gasteiger partial charge in [0.15, 0.2) is 5.78 Å². The van der Waals surface area contributed by atoms with E-state index >= 15 is 4.39 Å². The Kier molecular flexibility index (Phi) is 4.67. The fraction of sp³-hybridized carbons (Fsp3) is 0.950. The summed E-state index contributed by atoms with van der Waals surface area (Å²) in [6.07, 6.45) is 11.7. The molecule has 0 atom stereocenters. The Morgan fingerprint density at radius 2 is 1.23 bits per heavy atom. The van der Waals surface area contributed by atoms with E-state index in [0.717, 1.165) is 63.2 Å². The van der Waals surface area contributed by atoms with Gasteiger partial charge in [-0.3, -0.25) is 4.79 Å². The summed E-state index contributed by atoms with van der Waals surface area (Å²) in [5.41, 5.74) is -1.11. The van der Waals surface area contributed by atoms with Crippen LogP contribution in [0.25, 0.3) is 0 Å². The maximum Gasteiger partial charge on any atom is 0.151 e. The highest BCUT2D eigenvalue weighted by Gasteiger charge is 2.71. The molecule has 0 saturated heterocycles. The van der Waals surface area contributed by atoms with Gasteiger partial charge in [-0.15, -0.1) is 0 Å². The highest BCUT2D eigenvalue weighted by molar-refractivity contribution is 5.98. The number of rotatable bonds is 4. The molecule has 3 saturated carbocycles. The second-order valence-corrected chi connectivity index (χ2v) is 8.47. The van der Waals surface area contributed by atoms with Gasteiger partial charge in [0.25, 0.3) is 0 Å². The van der Waals surface area contributed by atoms with E-state index in [1.165, 1.54) is 25.7 Å². The van der Waals surface area contributed by atoms with Gasteiger partial charge >= 0.3 is 0 Å². The molecule has 0 aliphatic heterocycles.